The van der Waals surface area contributed by atoms with E-state index in [-0.39, 0.29) is 29.6 Å². The van der Waals surface area contributed by atoms with Crippen LogP contribution in [-0.4, -0.2) is 34.9 Å². The number of halogens is 1. The smallest absolute Gasteiger partial charge is 0.258 e. The number of carbonyl (C=O) groups is 1. The summed E-state index contributed by atoms with van der Waals surface area (Å²) in [7, 11) is 0. The third-order valence-corrected chi connectivity index (χ3v) is 5.97. The number of nitrogens with one attached hydrogen (secondary N) is 1. The van der Waals surface area contributed by atoms with Gasteiger partial charge in [0.25, 0.3) is 5.91 Å². The van der Waals surface area contributed by atoms with Crippen molar-refractivity contribution in [1.82, 2.24) is 15.5 Å². The van der Waals surface area contributed by atoms with E-state index >= 15 is 0 Å². The monoisotopic (exact) mass is 389 g/mol. The lowest BCUT2D eigenvalue weighted by molar-refractivity contribution is -0.143. The molecule has 3 saturated carbocycles. The van der Waals surface area contributed by atoms with Gasteiger partial charge in [0.1, 0.15) is 11.9 Å². The van der Waals surface area contributed by atoms with Crippen molar-refractivity contribution >= 4 is 17.5 Å². The fourth-order valence-corrected chi connectivity index (χ4v) is 4.64. The normalized spacial score (nSPS) is 31.1. The molecule has 4 aliphatic rings. The molecule has 2 aromatic rings. The van der Waals surface area contributed by atoms with E-state index in [1.165, 1.54) is 0 Å². The van der Waals surface area contributed by atoms with Crippen LogP contribution >= 0.6 is 11.6 Å². The van der Waals surface area contributed by atoms with E-state index in [1.54, 1.807) is 24.3 Å². The van der Waals surface area contributed by atoms with Crippen LogP contribution in [0.2, 0.25) is 5.02 Å². The van der Waals surface area contributed by atoms with Crippen LogP contribution in [0, 0.1) is 0 Å². The molecule has 2 bridgehead atoms. The first-order chi connectivity index (χ1) is 13.1. The third-order valence-electron chi connectivity index (χ3n) is 5.72. The molecule has 1 aliphatic heterocycles. The Hall–Kier alpha value is -2.12. The first kappa shape index (κ1) is 17.0. The van der Waals surface area contributed by atoms with Crippen LogP contribution in [0.15, 0.2) is 28.7 Å². The minimum Gasteiger partial charge on any atom is -0.484 e. The first-order valence-electron chi connectivity index (χ1n) is 9.21. The lowest BCUT2D eigenvalue weighted by atomic mass is 9.39. The van der Waals surface area contributed by atoms with Gasteiger partial charge in [-0.1, -0.05) is 11.6 Å². The standard InChI is InChI=1S/C19H20ClN3O4/c20-12-3-5-13(6-4-12)26-8-15(24)21-19-9-18(10-19,11-19)17-23-22-16(27-17)14-2-1-7-25-14/h3-6,14H,1-2,7-11H2,(H,21,24)/t14-,18?,19?/m0/s1. The van der Waals surface area contributed by atoms with E-state index in [1.807, 2.05) is 0 Å². The molecule has 1 N–H and O–H groups in total. The number of nitrogens with zero attached hydrogens (tertiary/aromatic N) is 2. The molecule has 0 unspecified atom stereocenters. The van der Waals surface area contributed by atoms with Crippen LogP contribution in [0.4, 0.5) is 0 Å². The van der Waals surface area contributed by atoms with Crippen molar-refractivity contribution in [3.05, 3.63) is 41.1 Å². The van der Waals surface area contributed by atoms with Crippen molar-refractivity contribution in [3.63, 3.8) is 0 Å². The van der Waals surface area contributed by atoms with Crippen LogP contribution in [0.5, 0.6) is 5.75 Å². The maximum atomic E-state index is 12.2. The highest BCUT2D eigenvalue weighted by Crippen LogP contribution is 2.67. The van der Waals surface area contributed by atoms with E-state index in [2.05, 4.69) is 15.5 Å². The van der Waals surface area contributed by atoms with Crippen LogP contribution < -0.4 is 10.1 Å². The molecule has 27 heavy (non-hydrogen) atoms. The highest BCUT2D eigenvalue weighted by molar-refractivity contribution is 6.30. The van der Waals surface area contributed by atoms with Gasteiger partial charge in [0.2, 0.25) is 11.8 Å². The summed E-state index contributed by atoms with van der Waals surface area (Å²) in [6.45, 7) is 0.737. The Labute approximate surface area is 161 Å². The van der Waals surface area contributed by atoms with Crippen LogP contribution in [0.25, 0.3) is 0 Å². The summed E-state index contributed by atoms with van der Waals surface area (Å²) in [6.07, 6.45) is 4.40. The summed E-state index contributed by atoms with van der Waals surface area (Å²) in [5.41, 5.74) is -0.229. The van der Waals surface area contributed by atoms with Crippen molar-refractivity contribution < 1.29 is 18.7 Å². The number of benzene rings is 1. The molecule has 2 heterocycles. The summed E-state index contributed by atoms with van der Waals surface area (Å²) in [5, 5.41) is 12.1. The van der Waals surface area contributed by atoms with Crippen LogP contribution in [0.3, 0.4) is 0 Å². The maximum absolute atomic E-state index is 12.2. The Kier molecular flexibility index (Phi) is 3.91. The average molecular weight is 390 g/mol. The van der Waals surface area contributed by atoms with Crippen molar-refractivity contribution in [2.24, 2.45) is 0 Å². The van der Waals surface area contributed by atoms with Gasteiger partial charge < -0.3 is 19.2 Å². The minimum atomic E-state index is -0.154. The van der Waals surface area contributed by atoms with E-state index < -0.39 is 0 Å². The van der Waals surface area contributed by atoms with Gasteiger partial charge in [-0.2, -0.15) is 0 Å². The van der Waals surface area contributed by atoms with Crippen molar-refractivity contribution in [3.8, 4) is 5.75 Å². The number of aromatic nitrogens is 2. The Morgan fingerprint density at radius 3 is 2.74 bits per heavy atom. The molecule has 1 atom stereocenters. The van der Waals surface area contributed by atoms with Gasteiger partial charge in [-0.25, -0.2) is 0 Å². The molecule has 1 amide bonds. The third kappa shape index (κ3) is 2.99. The zero-order valence-corrected chi connectivity index (χ0v) is 15.5. The second-order valence-electron chi connectivity index (χ2n) is 7.83. The summed E-state index contributed by atoms with van der Waals surface area (Å²) in [4.78, 5) is 12.2. The van der Waals surface area contributed by atoms with Crippen LogP contribution in [0.1, 0.15) is 50.0 Å². The van der Waals surface area contributed by atoms with Crippen molar-refractivity contribution in [2.75, 3.05) is 13.2 Å². The SMILES string of the molecule is O=C(COc1ccc(Cl)cc1)NC12CC(c3nnc([C@@H]4CCCO4)o3)(C1)C2. The molecule has 4 fully saturated rings. The number of carbonyl (C=O) groups excluding carboxylic acids is 1. The van der Waals surface area contributed by atoms with Gasteiger partial charge in [0.05, 0.1) is 5.41 Å². The van der Waals surface area contributed by atoms with E-state index in [9.17, 15) is 4.79 Å². The van der Waals surface area contributed by atoms with E-state index in [0.717, 1.165) is 38.7 Å². The Bertz CT molecular complexity index is 840. The topological polar surface area (TPSA) is 86.5 Å². The van der Waals surface area contributed by atoms with E-state index in [4.69, 9.17) is 25.5 Å². The van der Waals surface area contributed by atoms with Gasteiger partial charge in [-0.05, 0) is 56.4 Å². The van der Waals surface area contributed by atoms with Gasteiger partial charge in [-0.15, -0.1) is 10.2 Å². The van der Waals surface area contributed by atoms with Gasteiger partial charge in [-0.3, -0.25) is 4.79 Å². The molecule has 142 valence electrons. The average Bonchev–Trinajstić information content (AvgIpc) is 3.27. The summed E-state index contributed by atoms with van der Waals surface area (Å²) < 4.78 is 17.0. The van der Waals surface area contributed by atoms with Gasteiger partial charge in [0.15, 0.2) is 6.61 Å². The highest BCUT2D eigenvalue weighted by Gasteiger charge is 2.71. The summed E-state index contributed by atoms with van der Waals surface area (Å²) in [5.74, 6) is 1.77. The molecular weight excluding hydrogens is 370 g/mol. The minimum absolute atomic E-state index is 0.0138. The molecule has 1 saturated heterocycles. The molecule has 7 nitrogen and oxygen atoms in total. The number of amides is 1. The Balaban J connectivity index is 1.13. The lowest BCUT2D eigenvalue weighted by Gasteiger charge is -2.68. The molecule has 8 heteroatoms. The second kappa shape index (κ2) is 6.21. The predicted molar refractivity (Wildman–Crippen MR) is 95.6 cm³/mol. The summed E-state index contributed by atoms with van der Waals surface area (Å²) >= 11 is 5.84. The molecule has 0 spiro atoms. The van der Waals surface area contributed by atoms with Crippen LogP contribution in [-0.2, 0) is 14.9 Å². The quantitative estimate of drug-likeness (QED) is 0.817. The fourth-order valence-electron chi connectivity index (χ4n) is 4.51. The fraction of sp³-hybridized carbons (Fsp3) is 0.526. The van der Waals surface area contributed by atoms with E-state index in [0.29, 0.717) is 22.6 Å². The highest BCUT2D eigenvalue weighted by atomic mass is 35.5. The molecule has 0 radical (unpaired) electrons. The molecule has 1 aromatic carbocycles. The number of hydrogen-bond acceptors (Lipinski definition) is 6. The maximum Gasteiger partial charge on any atom is 0.258 e. The van der Waals surface area contributed by atoms with Crippen molar-refractivity contribution in [1.29, 1.82) is 0 Å². The number of ether oxygens (including phenoxy) is 2. The summed E-state index contributed by atoms with van der Waals surface area (Å²) in [6, 6.07) is 6.95. The zero-order chi connectivity index (χ0) is 18.5. The Morgan fingerprint density at radius 2 is 2.04 bits per heavy atom. The molecule has 6 rings (SSSR count). The zero-order valence-electron chi connectivity index (χ0n) is 14.7. The van der Waals surface area contributed by atoms with Gasteiger partial charge >= 0.3 is 0 Å². The lowest BCUT2D eigenvalue weighted by Crippen LogP contribution is -2.77. The first-order valence-corrected chi connectivity index (χ1v) is 9.59. The molecule has 3 aliphatic carbocycles. The largest absolute Gasteiger partial charge is 0.484 e. The van der Waals surface area contributed by atoms with Crippen molar-refractivity contribution in [2.45, 2.75) is 49.2 Å². The molecular formula is C19H20ClN3O4. The number of rotatable bonds is 6. The molecule has 1 aromatic heterocycles. The predicted octanol–water partition coefficient (Wildman–Crippen LogP) is 2.94. The second-order valence-corrected chi connectivity index (χ2v) is 8.27. The Morgan fingerprint density at radius 1 is 1.26 bits per heavy atom. The van der Waals surface area contributed by atoms with Gasteiger partial charge in [0, 0.05) is 17.2 Å². The number of hydrogen-bond donors (Lipinski definition) is 1.